The third-order valence-corrected chi connectivity index (χ3v) is 6.94. The topological polar surface area (TPSA) is 92.1 Å². The molecule has 0 saturated carbocycles. The molecule has 2 aliphatic heterocycles. The van der Waals surface area contributed by atoms with Crippen LogP contribution in [0.1, 0.15) is 5.56 Å². The van der Waals surface area contributed by atoms with E-state index >= 15 is 0 Å². The summed E-state index contributed by atoms with van der Waals surface area (Å²) in [6, 6.07) is 5.06. The van der Waals surface area contributed by atoms with Crippen molar-refractivity contribution in [1.82, 2.24) is 5.01 Å². The number of sulfone groups is 1. The molecule has 2 heterocycles. The third kappa shape index (κ3) is 3.16. The maximum absolute atomic E-state index is 11.8. The van der Waals surface area contributed by atoms with E-state index in [2.05, 4.69) is 5.10 Å². The smallest absolute Gasteiger partial charge is 0.177 e. The Labute approximate surface area is 139 Å². The van der Waals surface area contributed by atoms with Crippen molar-refractivity contribution in [2.75, 3.05) is 25.7 Å². The Morgan fingerprint density at radius 2 is 2.13 bits per heavy atom. The lowest BCUT2D eigenvalue weighted by molar-refractivity contribution is 0.375. The second-order valence-corrected chi connectivity index (χ2v) is 8.68. The summed E-state index contributed by atoms with van der Waals surface area (Å²) in [5, 5.41) is 14.0. The van der Waals surface area contributed by atoms with Gasteiger partial charge in [-0.15, -0.1) is 0 Å². The number of nitrogens with zero attached hydrogens (tertiary/aromatic N) is 2. The Balaban J connectivity index is 1.86. The van der Waals surface area contributed by atoms with Gasteiger partial charge in [-0.05, 0) is 18.2 Å². The van der Waals surface area contributed by atoms with Crippen molar-refractivity contribution < 1.29 is 17.9 Å². The van der Waals surface area contributed by atoms with Gasteiger partial charge >= 0.3 is 0 Å². The summed E-state index contributed by atoms with van der Waals surface area (Å²) in [5.74, 6) is 1.45. The van der Waals surface area contributed by atoms with Crippen LogP contribution in [0.5, 0.6) is 11.5 Å². The van der Waals surface area contributed by atoms with Crippen molar-refractivity contribution in [1.29, 1.82) is 5.41 Å². The fraction of sp³-hybridized carbons (Fsp3) is 0.429. The van der Waals surface area contributed by atoms with Gasteiger partial charge < -0.3 is 9.47 Å². The molecule has 2 saturated heterocycles. The van der Waals surface area contributed by atoms with E-state index in [0.29, 0.717) is 17.1 Å². The molecule has 9 heteroatoms. The minimum absolute atomic E-state index is 0.0413. The zero-order valence-corrected chi connectivity index (χ0v) is 14.4. The van der Waals surface area contributed by atoms with E-state index < -0.39 is 9.84 Å². The van der Waals surface area contributed by atoms with Crippen LogP contribution >= 0.6 is 11.8 Å². The molecule has 0 bridgehead atoms. The van der Waals surface area contributed by atoms with Crippen molar-refractivity contribution in [2.24, 2.45) is 5.10 Å². The third-order valence-electron chi connectivity index (χ3n) is 3.82. The van der Waals surface area contributed by atoms with Gasteiger partial charge in [0, 0.05) is 10.8 Å². The van der Waals surface area contributed by atoms with Crippen LogP contribution in [-0.2, 0) is 9.84 Å². The summed E-state index contributed by atoms with van der Waals surface area (Å²) in [7, 11) is 0.0889. The average Bonchev–Trinajstić information content (AvgIpc) is 2.95. The highest BCUT2D eigenvalue weighted by Crippen LogP contribution is 2.37. The Kier molecular flexibility index (Phi) is 4.24. The van der Waals surface area contributed by atoms with E-state index in [-0.39, 0.29) is 28.0 Å². The summed E-state index contributed by atoms with van der Waals surface area (Å²) in [4.78, 5) is 0. The van der Waals surface area contributed by atoms with E-state index in [4.69, 9.17) is 14.9 Å². The number of nitrogens with one attached hydrogen (secondary N) is 1. The first-order valence-corrected chi connectivity index (χ1v) is 9.64. The second kappa shape index (κ2) is 6.04. The Morgan fingerprint density at radius 3 is 2.83 bits per heavy atom. The quantitative estimate of drug-likeness (QED) is 0.816. The van der Waals surface area contributed by atoms with Gasteiger partial charge in [0.2, 0.25) is 0 Å². The molecule has 1 aromatic rings. The van der Waals surface area contributed by atoms with Crippen molar-refractivity contribution in [3.63, 3.8) is 0 Å². The van der Waals surface area contributed by atoms with E-state index in [0.717, 1.165) is 0 Å². The summed E-state index contributed by atoms with van der Waals surface area (Å²) < 4.78 is 34.0. The van der Waals surface area contributed by atoms with Gasteiger partial charge in [-0.1, -0.05) is 11.8 Å². The van der Waals surface area contributed by atoms with Crippen LogP contribution in [0.3, 0.4) is 0 Å². The van der Waals surface area contributed by atoms with E-state index in [1.807, 2.05) is 0 Å². The summed E-state index contributed by atoms with van der Waals surface area (Å²) in [5.41, 5.74) is 0.703. The Bertz CT molecular complexity index is 763. The van der Waals surface area contributed by atoms with Gasteiger partial charge in [-0.2, -0.15) is 5.10 Å². The molecule has 23 heavy (non-hydrogen) atoms. The highest BCUT2D eigenvalue weighted by atomic mass is 32.2. The molecule has 0 radical (unpaired) electrons. The molecule has 2 atom stereocenters. The second-order valence-electron chi connectivity index (χ2n) is 5.30. The molecule has 2 fully saturated rings. The molecule has 2 unspecified atom stereocenters. The highest BCUT2D eigenvalue weighted by molar-refractivity contribution is 8.15. The van der Waals surface area contributed by atoms with E-state index in [9.17, 15) is 8.42 Å². The van der Waals surface area contributed by atoms with Gasteiger partial charge in [0.05, 0.1) is 38.0 Å². The molecule has 124 valence electrons. The number of thioether (sulfide) groups is 1. The first-order valence-electron chi connectivity index (χ1n) is 6.94. The number of hydrazone groups is 1. The van der Waals surface area contributed by atoms with Crippen molar-refractivity contribution in [3.05, 3.63) is 23.8 Å². The maximum Gasteiger partial charge on any atom is 0.177 e. The normalized spacial score (nSPS) is 25.8. The lowest BCUT2D eigenvalue weighted by atomic mass is 10.2. The largest absolute Gasteiger partial charge is 0.497 e. The predicted octanol–water partition coefficient (Wildman–Crippen LogP) is 1.19. The summed E-state index contributed by atoms with van der Waals surface area (Å²) in [6.07, 6.45) is 1.57. The van der Waals surface area contributed by atoms with Gasteiger partial charge in [-0.25, -0.2) is 13.4 Å². The number of fused-ring (bicyclic) bond motifs is 1. The van der Waals surface area contributed by atoms with Crippen LogP contribution < -0.4 is 9.47 Å². The van der Waals surface area contributed by atoms with Gasteiger partial charge in [-0.3, -0.25) is 5.41 Å². The Hall–Kier alpha value is -1.74. The molecule has 3 rings (SSSR count). The minimum Gasteiger partial charge on any atom is -0.497 e. The zero-order valence-electron chi connectivity index (χ0n) is 12.7. The van der Waals surface area contributed by atoms with Crippen LogP contribution in [0.25, 0.3) is 0 Å². The number of methoxy groups -OCH3 is 2. The summed E-state index contributed by atoms with van der Waals surface area (Å²) in [6.45, 7) is 0. The van der Waals surface area contributed by atoms with E-state index in [1.54, 1.807) is 38.6 Å². The fourth-order valence-electron chi connectivity index (χ4n) is 2.69. The van der Waals surface area contributed by atoms with Crippen LogP contribution in [0, 0.1) is 5.41 Å². The van der Waals surface area contributed by atoms with Crippen molar-refractivity contribution >= 4 is 33.0 Å². The number of hydrogen-bond donors (Lipinski definition) is 1. The standard InChI is InChI=1S/C14H17N3O4S2/c1-20-10-3-4-12(21-2)9(5-10)6-16-17-11-7-23(18,19)8-13(11)22-14(17)15/h3-6,11,13,15H,7-8H2,1-2H3. The number of rotatable bonds is 4. The number of hydrogen-bond acceptors (Lipinski definition) is 7. The fourth-order valence-corrected chi connectivity index (χ4v) is 6.40. The molecule has 1 N–H and O–H groups in total. The Morgan fingerprint density at radius 1 is 1.35 bits per heavy atom. The highest BCUT2D eigenvalue weighted by Gasteiger charge is 2.48. The molecule has 0 amide bonds. The molecule has 0 aromatic heterocycles. The van der Waals surface area contributed by atoms with Crippen molar-refractivity contribution in [2.45, 2.75) is 11.3 Å². The summed E-state index contributed by atoms with van der Waals surface area (Å²) >= 11 is 1.26. The lowest BCUT2D eigenvalue weighted by Crippen LogP contribution is -2.32. The zero-order chi connectivity index (χ0) is 16.6. The molecule has 1 aromatic carbocycles. The average molecular weight is 355 g/mol. The molecule has 0 aliphatic carbocycles. The van der Waals surface area contributed by atoms with Crippen LogP contribution in [0.4, 0.5) is 0 Å². The minimum atomic E-state index is -3.05. The lowest BCUT2D eigenvalue weighted by Gasteiger charge is -2.17. The van der Waals surface area contributed by atoms with Crippen LogP contribution in [0.15, 0.2) is 23.3 Å². The van der Waals surface area contributed by atoms with E-state index in [1.165, 1.54) is 16.8 Å². The predicted molar refractivity (Wildman–Crippen MR) is 90.5 cm³/mol. The first-order chi connectivity index (χ1) is 10.9. The first kappa shape index (κ1) is 16.1. The van der Waals surface area contributed by atoms with Crippen LogP contribution in [0.2, 0.25) is 0 Å². The SMILES string of the molecule is COc1ccc(OC)c(C=NN2C(=N)SC3CS(=O)(=O)CC32)c1. The van der Waals surface area contributed by atoms with Crippen LogP contribution in [-0.4, -0.2) is 61.8 Å². The molecule has 7 nitrogen and oxygen atoms in total. The monoisotopic (exact) mass is 355 g/mol. The maximum atomic E-state index is 11.8. The van der Waals surface area contributed by atoms with Crippen molar-refractivity contribution in [3.8, 4) is 11.5 Å². The number of ether oxygens (including phenoxy) is 2. The molecular formula is C14H17N3O4S2. The van der Waals surface area contributed by atoms with Gasteiger partial charge in [0.15, 0.2) is 15.0 Å². The van der Waals surface area contributed by atoms with Gasteiger partial charge in [0.25, 0.3) is 0 Å². The van der Waals surface area contributed by atoms with Gasteiger partial charge in [0.1, 0.15) is 11.5 Å². The molecule has 2 aliphatic rings. The number of amidine groups is 1. The number of benzene rings is 1. The molecule has 0 spiro atoms. The molecular weight excluding hydrogens is 338 g/mol.